The second kappa shape index (κ2) is 5.39. The molecule has 0 saturated carbocycles. The maximum absolute atomic E-state index is 12.7. The van der Waals surface area contributed by atoms with Crippen molar-refractivity contribution in [3.63, 3.8) is 0 Å². The quantitative estimate of drug-likeness (QED) is 0.669. The topological polar surface area (TPSA) is 60.2 Å². The van der Waals surface area contributed by atoms with Crippen molar-refractivity contribution in [1.82, 2.24) is 4.98 Å². The monoisotopic (exact) mass is 287 g/mol. The summed E-state index contributed by atoms with van der Waals surface area (Å²) in [6.45, 7) is 0. The number of anilines is 1. The van der Waals surface area contributed by atoms with Gasteiger partial charge in [0.1, 0.15) is 16.6 Å². The summed E-state index contributed by atoms with van der Waals surface area (Å²) in [5.74, 6) is 5.64. The zero-order valence-electron chi connectivity index (χ0n) is 8.95. The number of nitrogen functional groups attached to an aromatic ring is 1. The molecule has 0 aliphatic heterocycles. The molecule has 0 saturated heterocycles. The van der Waals surface area contributed by atoms with Crippen LogP contribution < -0.4 is 16.0 Å². The number of hydrogen-bond donors (Lipinski definition) is 2. The highest BCUT2D eigenvalue weighted by Gasteiger charge is 2.10. The van der Waals surface area contributed by atoms with E-state index in [9.17, 15) is 4.39 Å². The Labute approximate surface area is 112 Å². The van der Waals surface area contributed by atoms with Crippen LogP contribution in [0.4, 0.5) is 10.2 Å². The largest absolute Gasteiger partial charge is 0.437 e. The van der Waals surface area contributed by atoms with Crippen molar-refractivity contribution < 1.29 is 9.13 Å². The maximum atomic E-state index is 12.7. The average molecular weight is 288 g/mol. The standard InChI is InChI=1S/C11H8Cl2FN3O/c12-8-5-9(13)11(16-10(8)17-15)18-7-3-1-6(14)2-4-7/h1-5H,15H2,(H,16,17). The molecule has 0 amide bonds. The predicted octanol–water partition coefficient (Wildman–Crippen LogP) is 3.61. The second-order valence-electron chi connectivity index (χ2n) is 3.31. The SMILES string of the molecule is NNc1nc(Oc2ccc(F)cc2)c(Cl)cc1Cl. The van der Waals surface area contributed by atoms with Gasteiger partial charge >= 0.3 is 0 Å². The lowest BCUT2D eigenvalue weighted by molar-refractivity contribution is 0.462. The molecule has 0 unspecified atom stereocenters. The second-order valence-corrected chi connectivity index (χ2v) is 4.12. The lowest BCUT2D eigenvalue weighted by atomic mass is 10.3. The predicted molar refractivity (Wildman–Crippen MR) is 68.5 cm³/mol. The van der Waals surface area contributed by atoms with Gasteiger partial charge in [0, 0.05) is 0 Å². The average Bonchev–Trinajstić information content (AvgIpc) is 2.35. The molecular formula is C11H8Cl2FN3O. The summed E-state index contributed by atoms with van der Waals surface area (Å²) in [5, 5.41) is 0.497. The minimum Gasteiger partial charge on any atom is -0.437 e. The molecule has 1 aromatic carbocycles. The fourth-order valence-electron chi connectivity index (χ4n) is 1.24. The zero-order chi connectivity index (χ0) is 13.1. The van der Waals surface area contributed by atoms with Gasteiger partial charge in [0.05, 0.1) is 5.02 Å². The van der Waals surface area contributed by atoms with Crippen LogP contribution in [0, 0.1) is 5.82 Å². The number of aromatic nitrogens is 1. The van der Waals surface area contributed by atoms with E-state index in [0.29, 0.717) is 5.75 Å². The van der Waals surface area contributed by atoms with Crippen molar-refractivity contribution in [2.24, 2.45) is 5.84 Å². The molecule has 0 bridgehead atoms. The highest BCUT2D eigenvalue weighted by molar-refractivity contribution is 6.36. The highest BCUT2D eigenvalue weighted by atomic mass is 35.5. The number of pyridine rings is 1. The van der Waals surface area contributed by atoms with Gasteiger partial charge in [-0.2, -0.15) is 4.98 Å². The lowest BCUT2D eigenvalue weighted by Crippen LogP contribution is -2.09. The Morgan fingerprint density at radius 3 is 2.44 bits per heavy atom. The first-order chi connectivity index (χ1) is 8.60. The molecule has 1 aromatic heterocycles. The Hall–Kier alpha value is -1.56. The van der Waals surface area contributed by atoms with Crippen LogP contribution >= 0.6 is 23.2 Å². The Kier molecular flexibility index (Phi) is 3.86. The Morgan fingerprint density at radius 1 is 1.17 bits per heavy atom. The summed E-state index contributed by atoms with van der Waals surface area (Å²) >= 11 is 11.8. The molecule has 7 heteroatoms. The summed E-state index contributed by atoms with van der Waals surface area (Å²) in [4.78, 5) is 3.99. The molecule has 4 nitrogen and oxygen atoms in total. The molecule has 2 aromatic rings. The summed E-state index contributed by atoms with van der Waals surface area (Å²) in [6.07, 6.45) is 0. The normalized spacial score (nSPS) is 10.2. The van der Waals surface area contributed by atoms with E-state index in [0.717, 1.165) is 0 Å². The van der Waals surface area contributed by atoms with E-state index in [4.69, 9.17) is 33.8 Å². The van der Waals surface area contributed by atoms with Gasteiger partial charge in [0.2, 0.25) is 5.88 Å². The van der Waals surface area contributed by atoms with Gasteiger partial charge in [0.25, 0.3) is 0 Å². The summed E-state index contributed by atoms with van der Waals surface area (Å²) in [6, 6.07) is 6.89. The summed E-state index contributed by atoms with van der Waals surface area (Å²) < 4.78 is 18.1. The van der Waals surface area contributed by atoms with Crippen LogP contribution in [0.25, 0.3) is 0 Å². The van der Waals surface area contributed by atoms with Gasteiger partial charge in [-0.15, -0.1) is 0 Å². The summed E-state index contributed by atoms with van der Waals surface area (Å²) in [5.41, 5.74) is 2.32. The van der Waals surface area contributed by atoms with Crippen molar-refractivity contribution >= 4 is 29.0 Å². The fourth-order valence-corrected chi connectivity index (χ4v) is 1.69. The van der Waals surface area contributed by atoms with Gasteiger partial charge in [-0.25, -0.2) is 10.2 Å². The third kappa shape index (κ3) is 2.81. The van der Waals surface area contributed by atoms with Crippen LogP contribution in [0.5, 0.6) is 11.6 Å². The number of nitrogens with one attached hydrogen (secondary N) is 1. The van der Waals surface area contributed by atoms with E-state index in [1.807, 2.05) is 0 Å². The van der Waals surface area contributed by atoms with E-state index in [1.54, 1.807) is 0 Å². The number of halogens is 3. The number of ether oxygens (including phenoxy) is 1. The molecular weight excluding hydrogens is 280 g/mol. The van der Waals surface area contributed by atoms with Crippen molar-refractivity contribution in [1.29, 1.82) is 0 Å². The third-order valence-electron chi connectivity index (χ3n) is 2.06. The molecule has 3 N–H and O–H groups in total. The third-order valence-corrected chi connectivity index (χ3v) is 2.62. The first-order valence-electron chi connectivity index (χ1n) is 4.86. The Balaban J connectivity index is 2.31. The fraction of sp³-hybridized carbons (Fsp3) is 0. The van der Waals surface area contributed by atoms with Crippen LogP contribution in [0.2, 0.25) is 10.0 Å². The number of benzene rings is 1. The minimum atomic E-state index is -0.359. The van der Waals surface area contributed by atoms with Crippen LogP contribution in [-0.4, -0.2) is 4.98 Å². The number of hydrogen-bond acceptors (Lipinski definition) is 4. The van der Waals surface area contributed by atoms with Crippen LogP contribution in [-0.2, 0) is 0 Å². The molecule has 0 spiro atoms. The maximum Gasteiger partial charge on any atom is 0.240 e. The molecule has 18 heavy (non-hydrogen) atoms. The molecule has 0 atom stereocenters. The smallest absolute Gasteiger partial charge is 0.240 e. The molecule has 0 fully saturated rings. The molecule has 2 rings (SSSR count). The van der Waals surface area contributed by atoms with E-state index in [2.05, 4.69) is 10.4 Å². The summed E-state index contributed by atoms with van der Waals surface area (Å²) in [7, 11) is 0. The van der Waals surface area contributed by atoms with Crippen molar-refractivity contribution in [3.05, 3.63) is 46.2 Å². The van der Waals surface area contributed by atoms with Gasteiger partial charge in [0.15, 0.2) is 5.82 Å². The number of nitrogens with two attached hydrogens (primary N) is 1. The van der Waals surface area contributed by atoms with E-state index in [-0.39, 0.29) is 27.6 Å². The molecule has 1 heterocycles. The zero-order valence-corrected chi connectivity index (χ0v) is 10.5. The van der Waals surface area contributed by atoms with Crippen molar-refractivity contribution in [2.75, 3.05) is 5.43 Å². The van der Waals surface area contributed by atoms with Crippen LogP contribution in [0.1, 0.15) is 0 Å². The number of nitrogens with zero attached hydrogens (tertiary/aromatic N) is 1. The Bertz CT molecular complexity index is 563. The van der Waals surface area contributed by atoms with Gasteiger partial charge in [-0.1, -0.05) is 23.2 Å². The van der Waals surface area contributed by atoms with Gasteiger partial charge < -0.3 is 10.2 Å². The van der Waals surface area contributed by atoms with Crippen LogP contribution in [0.3, 0.4) is 0 Å². The molecule has 0 aliphatic carbocycles. The van der Waals surface area contributed by atoms with Gasteiger partial charge in [-0.05, 0) is 30.3 Å². The van der Waals surface area contributed by atoms with E-state index >= 15 is 0 Å². The molecule has 94 valence electrons. The van der Waals surface area contributed by atoms with Gasteiger partial charge in [-0.3, -0.25) is 0 Å². The molecule has 0 aliphatic rings. The van der Waals surface area contributed by atoms with E-state index < -0.39 is 0 Å². The number of rotatable bonds is 3. The first-order valence-corrected chi connectivity index (χ1v) is 5.62. The van der Waals surface area contributed by atoms with Crippen LogP contribution in [0.15, 0.2) is 30.3 Å². The minimum absolute atomic E-state index is 0.126. The van der Waals surface area contributed by atoms with E-state index in [1.165, 1.54) is 30.3 Å². The Morgan fingerprint density at radius 2 is 1.83 bits per heavy atom. The first kappa shape index (κ1) is 12.9. The van der Waals surface area contributed by atoms with Crippen molar-refractivity contribution in [3.8, 4) is 11.6 Å². The highest BCUT2D eigenvalue weighted by Crippen LogP contribution is 2.33. The number of hydrazine groups is 1. The molecule has 0 radical (unpaired) electrons. The van der Waals surface area contributed by atoms with Crippen molar-refractivity contribution in [2.45, 2.75) is 0 Å². The lowest BCUT2D eigenvalue weighted by Gasteiger charge is -2.09.